The Bertz CT molecular complexity index is 453. The molecule has 100 valence electrons. The Kier molecular flexibility index (Phi) is 3.64. The molecule has 1 saturated carbocycles. The minimum atomic E-state index is 0.590. The highest BCUT2D eigenvalue weighted by Gasteiger charge is 2.25. The zero-order chi connectivity index (χ0) is 13.3. The molecule has 4 nitrogen and oxygen atoms in total. The van der Waals surface area contributed by atoms with Crippen molar-refractivity contribution in [2.75, 3.05) is 26.5 Å². The van der Waals surface area contributed by atoms with E-state index < -0.39 is 0 Å². The highest BCUT2D eigenvalue weighted by Crippen LogP contribution is 2.36. The molecule has 2 rings (SSSR count). The second-order valence-electron chi connectivity index (χ2n) is 5.38. The molecule has 1 aromatic heterocycles. The predicted molar refractivity (Wildman–Crippen MR) is 76.7 cm³/mol. The van der Waals surface area contributed by atoms with Gasteiger partial charge in [0.1, 0.15) is 5.82 Å². The van der Waals surface area contributed by atoms with E-state index in [2.05, 4.69) is 34.9 Å². The Balaban J connectivity index is 2.39. The van der Waals surface area contributed by atoms with E-state index in [9.17, 15) is 0 Å². The van der Waals surface area contributed by atoms with Gasteiger partial charge < -0.3 is 10.2 Å². The Morgan fingerprint density at radius 1 is 1.44 bits per heavy atom. The van der Waals surface area contributed by atoms with Crippen LogP contribution < -0.4 is 5.32 Å². The van der Waals surface area contributed by atoms with Gasteiger partial charge in [0.15, 0.2) is 0 Å². The van der Waals surface area contributed by atoms with E-state index in [1.807, 2.05) is 21.1 Å². The molecule has 1 heterocycles. The van der Waals surface area contributed by atoms with Crippen LogP contribution in [0.1, 0.15) is 43.5 Å². The first kappa shape index (κ1) is 13.0. The summed E-state index contributed by atoms with van der Waals surface area (Å²) < 4.78 is 2.18. The Morgan fingerprint density at radius 3 is 2.56 bits per heavy atom. The summed E-state index contributed by atoms with van der Waals surface area (Å²) in [6.45, 7) is 4.27. The average molecular weight is 248 g/mol. The van der Waals surface area contributed by atoms with Crippen LogP contribution in [-0.4, -0.2) is 35.8 Å². The standard InChI is InChI=1S/C14H24N4/c1-10(9-17(4)5)13-11(2)14(15-3)18(16-13)12-7-6-8-12/h9,12,15H,6-8H2,1-5H3/b10-9+. The fraction of sp³-hybridized carbons (Fsp3) is 0.643. The summed E-state index contributed by atoms with van der Waals surface area (Å²) in [6.07, 6.45) is 5.96. The second kappa shape index (κ2) is 5.04. The maximum atomic E-state index is 4.81. The van der Waals surface area contributed by atoms with Crippen LogP contribution in [0.4, 0.5) is 5.82 Å². The molecule has 0 amide bonds. The maximum absolute atomic E-state index is 4.81. The van der Waals surface area contributed by atoms with Crippen molar-refractivity contribution in [1.29, 1.82) is 0 Å². The van der Waals surface area contributed by atoms with Gasteiger partial charge in [-0.15, -0.1) is 0 Å². The third-order valence-corrected chi connectivity index (χ3v) is 3.63. The van der Waals surface area contributed by atoms with Crippen LogP contribution in [0, 0.1) is 6.92 Å². The average Bonchev–Trinajstić information content (AvgIpc) is 2.52. The summed E-state index contributed by atoms with van der Waals surface area (Å²) in [5.41, 5.74) is 3.58. The third-order valence-electron chi connectivity index (χ3n) is 3.63. The summed E-state index contributed by atoms with van der Waals surface area (Å²) in [5.74, 6) is 1.17. The first-order valence-corrected chi connectivity index (χ1v) is 6.66. The topological polar surface area (TPSA) is 33.1 Å². The molecule has 0 saturated heterocycles. The molecule has 1 N–H and O–H groups in total. The molecule has 0 spiro atoms. The largest absolute Gasteiger partial charge is 0.383 e. The highest BCUT2D eigenvalue weighted by molar-refractivity contribution is 5.67. The lowest BCUT2D eigenvalue weighted by atomic mass is 9.93. The van der Waals surface area contributed by atoms with Crippen molar-refractivity contribution in [3.63, 3.8) is 0 Å². The van der Waals surface area contributed by atoms with Gasteiger partial charge in [0.2, 0.25) is 0 Å². The van der Waals surface area contributed by atoms with E-state index in [4.69, 9.17) is 5.10 Å². The van der Waals surface area contributed by atoms with Crippen molar-refractivity contribution in [1.82, 2.24) is 14.7 Å². The molecule has 0 aromatic carbocycles. The summed E-state index contributed by atoms with van der Waals surface area (Å²) in [7, 11) is 6.06. The molecule has 1 aromatic rings. The normalized spacial score (nSPS) is 16.6. The van der Waals surface area contributed by atoms with Crippen LogP contribution in [0.3, 0.4) is 0 Å². The van der Waals surface area contributed by atoms with E-state index >= 15 is 0 Å². The number of hydrogen-bond donors (Lipinski definition) is 1. The fourth-order valence-corrected chi connectivity index (χ4v) is 2.54. The first-order valence-electron chi connectivity index (χ1n) is 6.66. The van der Waals surface area contributed by atoms with Crippen molar-refractivity contribution in [2.24, 2.45) is 0 Å². The van der Waals surface area contributed by atoms with Crippen molar-refractivity contribution in [3.05, 3.63) is 17.5 Å². The first-order chi connectivity index (χ1) is 8.54. The van der Waals surface area contributed by atoms with Gasteiger partial charge in [-0.05, 0) is 38.7 Å². The SMILES string of the molecule is CNc1c(C)c(/C(C)=C/N(C)C)nn1C1CCC1. The molecule has 1 aliphatic carbocycles. The number of nitrogens with one attached hydrogen (secondary N) is 1. The summed E-state index contributed by atoms with van der Waals surface area (Å²) in [4.78, 5) is 2.07. The summed E-state index contributed by atoms with van der Waals surface area (Å²) in [6, 6.07) is 0.590. The van der Waals surface area contributed by atoms with Crippen LogP contribution in [0.5, 0.6) is 0 Å². The van der Waals surface area contributed by atoms with Crippen molar-refractivity contribution in [3.8, 4) is 0 Å². The zero-order valence-electron chi connectivity index (χ0n) is 12.1. The Hall–Kier alpha value is -1.45. The monoisotopic (exact) mass is 248 g/mol. The fourth-order valence-electron chi connectivity index (χ4n) is 2.54. The van der Waals surface area contributed by atoms with Crippen LogP contribution in [0.2, 0.25) is 0 Å². The molecule has 1 aliphatic rings. The van der Waals surface area contributed by atoms with E-state index in [1.165, 1.54) is 36.2 Å². The van der Waals surface area contributed by atoms with E-state index in [-0.39, 0.29) is 0 Å². The van der Waals surface area contributed by atoms with E-state index in [0.29, 0.717) is 6.04 Å². The van der Waals surface area contributed by atoms with Gasteiger partial charge in [-0.1, -0.05) is 0 Å². The molecule has 18 heavy (non-hydrogen) atoms. The van der Waals surface area contributed by atoms with Crippen LogP contribution >= 0.6 is 0 Å². The number of hydrogen-bond acceptors (Lipinski definition) is 3. The van der Waals surface area contributed by atoms with Gasteiger partial charge in [0.05, 0.1) is 11.7 Å². The summed E-state index contributed by atoms with van der Waals surface area (Å²) in [5, 5.41) is 8.12. The molecule has 0 radical (unpaired) electrons. The minimum absolute atomic E-state index is 0.590. The molecule has 0 unspecified atom stereocenters. The van der Waals surface area contributed by atoms with Gasteiger partial charge in [-0.2, -0.15) is 5.10 Å². The number of nitrogens with zero attached hydrogens (tertiary/aromatic N) is 3. The highest BCUT2D eigenvalue weighted by atomic mass is 15.4. The van der Waals surface area contributed by atoms with Gasteiger partial charge in [0.25, 0.3) is 0 Å². The number of allylic oxidation sites excluding steroid dienone is 1. The molecule has 4 heteroatoms. The van der Waals surface area contributed by atoms with E-state index in [1.54, 1.807) is 0 Å². The maximum Gasteiger partial charge on any atom is 0.127 e. The molecular formula is C14H24N4. The van der Waals surface area contributed by atoms with Gasteiger partial charge in [0, 0.05) is 32.9 Å². The minimum Gasteiger partial charge on any atom is -0.383 e. The third kappa shape index (κ3) is 2.24. The van der Waals surface area contributed by atoms with E-state index in [0.717, 1.165) is 5.69 Å². The zero-order valence-corrected chi connectivity index (χ0v) is 12.1. The Labute approximate surface area is 110 Å². The van der Waals surface area contributed by atoms with Crippen molar-refractivity contribution < 1.29 is 0 Å². The van der Waals surface area contributed by atoms with Gasteiger partial charge in [-0.25, -0.2) is 4.68 Å². The molecule has 0 atom stereocenters. The molecular weight excluding hydrogens is 224 g/mol. The number of aromatic nitrogens is 2. The predicted octanol–water partition coefficient (Wildman–Crippen LogP) is 2.88. The molecule has 1 fully saturated rings. The quantitative estimate of drug-likeness (QED) is 0.889. The molecule has 0 aliphatic heterocycles. The lowest BCUT2D eigenvalue weighted by Crippen LogP contribution is -2.20. The number of anilines is 1. The second-order valence-corrected chi connectivity index (χ2v) is 5.38. The van der Waals surface area contributed by atoms with Gasteiger partial charge >= 0.3 is 0 Å². The molecule has 0 bridgehead atoms. The smallest absolute Gasteiger partial charge is 0.127 e. The van der Waals surface area contributed by atoms with Crippen LogP contribution in [0.15, 0.2) is 6.20 Å². The van der Waals surface area contributed by atoms with Crippen LogP contribution in [-0.2, 0) is 0 Å². The summed E-state index contributed by atoms with van der Waals surface area (Å²) >= 11 is 0. The lowest BCUT2D eigenvalue weighted by Gasteiger charge is -2.27. The lowest BCUT2D eigenvalue weighted by molar-refractivity contribution is 0.292. The van der Waals surface area contributed by atoms with Crippen molar-refractivity contribution in [2.45, 2.75) is 39.2 Å². The van der Waals surface area contributed by atoms with Gasteiger partial charge in [-0.3, -0.25) is 0 Å². The number of rotatable bonds is 4. The van der Waals surface area contributed by atoms with Crippen molar-refractivity contribution >= 4 is 11.4 Å². The Morgan fingerprint density at radius 2 is 2.11 bits per heavy atom. The van der Waals surface area contributed by atoms with Crippen LogP contribution in [0.25, 0.3) is 5.57 Å².